The molecule has 1 heterocycles. The summed E-state index contributed by atoms with van der Waals surface area (Å²) in [5.74, 6) is -0.509. The molecule has 6 heteroatoms. The number of hydrogen-bond donors (Lipinski definition) is 2. The summed E-state index contributed by atoms with van der Waals surface area (Å²) < 4.78 is 4.71. The van der Waals surface area contributed by atoms with Crippen LogP contribution in [0, 0.1) is 0 Å². The number of carbonyl (C=O) groups excluding carboxylic acids is 2. The number of nitrogen functional groups attached to an aromatic ring is 1. The summed E-state index contributed by atoms with van der Waals surface area (Å²) in [5, 5.41) is 2.66. The second-order valence-electron chi connectivity index (χ2n) is 4.70. The van der Waals surface area contributed by atoms with E-state index in [4.69, 9.17) is 10.5 Å². The summed E-state index contributed by atoms with van der Waals surface area (Å²) >= 11 is 0. The molecule has 108 valence electrons. The van der Waals surface area contributed by atoms with Gasteiger partial charge >= 0.3 is 5.97 Å². The minimum Gasteiger partial charge on any atom is -0.465 e. The van der Waals surface area contributed by atoms with E-state index >= 15 is 0 Å². The molecule has 1 aliphatic rings. The lowest BCUT2D eigenvalue weighted by atomic mass is 10.1. The Balaban J connectivity index is 2.37. The van der Waals surface area contributed by atoms with Gasteiger partial charge in [-0.1, -0.05) is 6.07 Å². The highest BCUT2D eigenvalue weighted by atomic mass is 16.5. The highest BCUT2D eigenvalue weighted by Gasteiger charge is 2.32. The average molecular weight is 277 g/mol. The van der Waals surface area contributed by atoms with Gasteiger partial charge in [-0.3, -0.25) is 4.79 Å². The van der Waals surface area contributed by atoms with Gasteiger partial charge in [0.2, 0.25) is 5.91 Å². The Morgan fingerprint density at radius 2 is 2.20 bits per heavy atom. The molecule has 0 saturated carbocycles. The highest BCUT2D eigenvalue weighted by molar-refractivity contribution is 5.99. The third-order valence-electron chi connectivity index (χ3n) is 3.60. The zero-order valence-corrected chi connectivity index (χ0v) is 11.7. The van der Waals surface area contributed by atoms with E-state index in [2.05, 4.69) is 5.32 Å². The monoisotopic (exact) mass is 277 g/mol. The first-order valence-electron chi connectivity index (χ1n) is 6.55. The number of para-hydroxylation sites is 1. The van der Waals surface area contributed by atoms with Crippen molar-refractivity contribution in [3.63, 3.8) is 0 Å². The van der Waals surface area contributed by atoms with Crippen LogP contribution < -0.4 is 16.0 Å². The van der Waals surface area contributed by atoms with Gasteiger partial charge in [-0.2, -0.15) is 0 Å². The molecule has 0 aromatic heterocycles. The maximum absolute atomic E-state index is 11.9. The van der Waals surface area contributed by atoms with Gasteiger partial charge in [0.05, 0.1) is 24.0 Å². The molecule has 1 unspecified atom stereocenters. The molecule has 0 aliphatic carbocycles. The molecule has 1 aromatic carbocycles. The molecule has 1 aromatic rings. The van der Waals surface area contributed by atoms with Crippen molar-refractivity contribution in [3.8, 4) is 0 Å². The molecular formula is C14H19N3O3. The zero-order valence-electron chi connectivity index (χ0n) is 11.7. The summed E-state index contributed by atoms with van der Waals surface area (Å²) in [4.78, 5) is 25.5. The Morgan fingerprint density at radius 1 is 1.45 bits per heavy atom. The molecule has 6 nitrogen and oxygen atoms in total. The van der Waals surface area contributed by atoms with Gasteiger partial charge in [0.25, 0.3) is 0 Å². The van der Waals surface area contributed by atoms with E-state index in [1.54, 1.807) is 19.2 Å². The lowest BCUT2D eigenvalue weighted by Gasteiger charge is -2.27. The van der Waals surface area contributed by atoms with Crippen LogP contribution in [0.15, 0.2) is 18.2 Å². The maximum atomic E-state index is 11.9. The molecule has 3 N–H and O–H groups in total. The number of methoxy groups -OCH3 is 1. The van der Waals surface area contributed by atoms with Gasteiger partial charge in [-0.05, 0) is 25.0 Å². The van der Waals surface area contributed by atoms with E-state index < -0.39 is 5.97 Å². The number of anilines is 2. The molecule has 0 bridgehead atoms. The number of nitrogens with zero attached hydrogens (tertiary/aromatic N) is 1. The number of likely N-dealkylation sites (N-methyl/N-ethyl adjacent to an activating group) is 1. The first-order valence-corrected chi connectivity index (χ1v) is 6.55. The SMILES string of the molecule is CNC(=O)C1CCCN1c1cccc(C(=O)OC)c1N. The summed E-state index contributed by atoms with van der Waals surface area (Å²) in [6.45, 7) is 0.743. The Hall–Kier alpha value is -2.24. The van der Waals surface area contributed by atoms with Crippen LogP contribution >= 0.6 is 0 Å². The Morgan fingerprint density at radius 3 is 2.85 bits per heavy atom. The van der Waals surface area contributed by atoms with Gasteiger partial charge in [0, 0.05) is 13.6 Å². The van der Waals surface area contributed by atoms with E-state index in [0.717, 1.165) is 19.4 Å². The van der Waals surface area contributed by atoms with Gasteiger partial charge in [0.15, 0.2) is 0 Å². The third-order valence-corrected chi connectivity index (χ3v) is 3.60. The Labute approximate surface area is 117 Å². The van der Waals surface area contributed by atoms with Crippen molar-refractivity contribution in [3.05, 3.63) is 23.8 Å². The molecule has 2 rings (SSSR count). The second kappa shape index (κ2) is 5.81. The van der Waals surface area contributed by atoms with Crippen LogP contribution in [0.2, 0.25) is 0 Å². The minimum atomic E-state index is -0.472. The topological polar surface area (TPSA) is 84.7 Å². The molecule has 0 radical (unpaired) electrons. The molecule has 1 aliphatic heterocycles. The lowest BCUT2D eigenvalue weighted by molar-refractivity contribution is -0.121. The average Bonchev–Trinajstić information content (AvgIpc) is 2.95. The van der Waals surface area contributed by atoms with Crippen molar-refractivity contribution in [2.45, 2.75) is 18.9 Å². The molecule has 1 atom stereocenters. The molecular weight excluding hydrogens is 258 g/mol. The summed E-state index contributed by atoms with van der Waals surface area (Å²) in [7, 11) is 2.94. The van der Waals surface area contributed by atoms with Crippen LogP contribution in [-0.4, -0.2) is 38.6 Å². The van der Waals surface area contributed by atoms with Crippen molar-refractivity contribution in [1.29, 1.82) is 0 Å². The van der Waals surface area contributed by atoms with Crippen LogP contribution in [-0.2, 0) is 9.53 Å². The normalized spacial score (nSPS) is 17.9. The van der Waals surface area contributed by atoms with Gasteiger partial charge < -0.3 is 20.7 Å². The van der Waals surface area contributed by atoms with Crippen LogP contribution in [0.4, 0.5) is 11.4 Å². The zero-order chi connectivity index (χ0) is 14.7. The van der Waals surface area contributed by atoms with E-state index in [0.29, 0.717) is 16.9 Å². The van der Waals surface area contributed by atoms with E-state index in [1.165, 1.54) is 7.11 Å². The van der Waals surface area contributed by atoms with Crippen molar-refractivity contribution in [1.82, 2.24) is 5.32 Å². The van der Waals surface area contributed by atoms with Crippen molar-refractivity contribution in [2.24, 2.45) is 0 Å². The predicted molar refractivity (Wildman–Crippen MR) is 76.6 cm³/mol. The van der Waals surface area contributed by atoms with Crippen LogP contribution in [0.5, 0.6) is 0 Å². The Kier molecular flexibility index (Phi) is 4.12. The number of nitrogens with one attached hydrogen (secondary N) is 1. The highest BCUT2D eigenvalue weighted by Crippen LogP contribution is 2.32. The maximum Gasteiger partial charge on any atom is 0.340 e. The molecule has 1 saturated heterocycles. The van der Waals surface area contributed by atoms with Gasteiger partial charge in [0.1, 0.15) is 6.04 Å². The first-order chi connectivity index (χ1) is 9.60. The number of carbonyl (C=O) groups is 2. The lowest BCUT2D eigenvalue weighted by Crippen LogP contribution is -2.42. The molecule has 1 fully saturated rings. The fraction of sp³-hybridized carbons (Fsp3) is 0.429. The van der Waals surface area contributed by atoms with Gasteiger partial charge in [-0.25, -0.2) is 4.79 Å². The Bertz CT molecular complexity index is 530. The van der Waals surface area contributed by atoms with Crippen LogP contribution in [0.25, 0.3) is 0 Å². The fourth-order valence-corrected chi connectivity index (χ4v) is 2.59. The van der Waals surface area contributed by atoms with Crippen molar-refractivity contribution in [2.75, 3.05) is 31.3 Å². The summed E-state index contributed by atoms with van der Waals surface area (Å²) in [6, 6.07) is 4.95. The number of benzene rings is 1. The number of amides is 1. The van der Waals surface area contributed by atoms with Crippen molar-refractivity contribution < 1.29 is 14.3 Å². The molecule has 0 spiro atoms. The molecule has 20 heavy (non-hydrogen) atoms. The number of nitrogens with two attached hydrogens (primary N) is 1. The van der Waals surface area contributed by atoms with E-state index in [9.17, 15) is 9.59 Å². The second-order valence-corrected chi connectivity index (χ2v) is 4.70. The van der Waals surface area contributed by atoms with E-state index in [-0.39, 0.29) is 11.9 Å². The number of esters is 1. The fourth-order valence-electron chi connectivity index (χ4n) is 2.59. The van der Waals surface area contributed by atoms with E-state index in [1.807, 2.05) is 11.0 Å². The summed E-state index contributed by atoms with van der Waals surface area (Å²) in [5.41, 5.74) is 7.46. The van der Waals surface area contributed by atoms with Crippen LogP contribution in [0.3, 0.4) is 0 Å². The largest absolute Gasteiger partial charge is 0.465 e. The van der Waals surface area contributed by atoms with Crippen molar-refractivity contribution >= 4 is 23.3 Å². The minimum absolute atomic E-state index is 0.0367. The third kappa shape index (κ3) is 2.41. The predicted octanol–water partition coefficient (Wildman–Crippen LogP) is 0.770. The van der Waals surface area contributed by atoms with Crippen LogP contribution in [0.1, 0.15) is 23.2 Å². The number of ether oxygens (including phenoxy) is 1. The standard InChI is InChI=1S/C14H19N3O3/c1-16-13(18)11-7-4-8-17(11)10-6-3-5-9(12(10)15)14(19)20-2/h3,5-6,11H,4,7-8,15H2,1-2H3,(H,16,18). The first kappa shape index (κ1) is 14.2. The molecule has 1 amide bonds. The smallest absolute Gasteiger partial charge is 0.340 e. The van der Waals surface area contributed by atoms with Gasteiger partial charge in [-0.15, -0.1) is 0 Å². The number of hydrogen-bond acceptors (Lipinski definition) is 5. The summed E-state index contributed by atoms with van der Waals surface area (Å²) in [6.07, 6.45) is 1.70. The number of rotatable bonds is 3. The quantitative estimate of drug-likeness (QED) is 0.629.